The summed E-state index contributed by atoms with van der Waals surface area (Å²) >= 11 is 5.94. The van der Waals surface area contributed by atoms with Gasteiger partial charge in [-0.15, -0.1) is 0 Å². The van der Waals surface area contributed by atoms with Gasteiger partial charge in [0, 0.05) is 23.5 Å². The molecule has 4 aromatic rings. The third-order valence-corrected chi connectivity index (χ3v) is 7.09. The molecule has 2 aliphatic heterocycles. The van der Waals surface area contributed by atoms with Crippen LogP contribution < -0.4 is 15.6 Å². The van der Waals surface area contributed by atoms with Crippen molar-refractivity contribution in [3.63, 3.8) is 0 Å². The minimum atomic E-state index is -1.45. The van der Waals surface area contributed by atoms with E-state index in [4.69, 9.17) is 16.3 Å². The molecule has 0 spiro atoms. The van der Waals surface area contributed by atoms with E-state index in [0.717, 1.165) is 12.0 Å². The van der Waals surface area contributed by atoms with Crippen LogP contribution in [0.1, 0.15) is 29.3 Å². The number of hydrogen-bond donors (Lipinski definition) is 1. The predicted octanol–water partition coefficient (Wildman–Crippen LogP) is 2.68. The zero-order chi connectivity index (χ0) is 26.6. The Balaban J connectivity index is 1.44. The van der Waals surface area contributed by atoms with Crippen LogP contribution in [0.5, 0.6) is 6.01 Å². The molecular formula is C26H24ClFN6O4. The van der Waals surface area contributed by atoms with E-state index in [0.29, 0.717) is 40.6 Å². The van der Waals surface area contributed by atoms with Crippen molar-refractivity contribution < 1.29 is 18.7 Å². The molecule has 6 rings (SSSR count). The Morgan fingerprint density at radius 2 is 2.00 bits per heavy atom. The lowest BCUT2D eigenvalue weighted by molar-refractivity contribution is -0.144. The third kappa shape index (κ3) is 4.26. The Morgan fingerprint density at radius 1 is 1.24 bits per heavy atom. The maximum Gasteiger partial charge on any atom is 0.297 e. The van der Waals surface area contributed by atoms with Crippen molar-refractivity contribution in [3.8, 4) is 6.01 Å². The number of ether oxygens (including phenoxy) is 1. The molecule has 10 nitrogen and oxygen atoms in total. The lowest BCUT2D eigenvalue weighted by Gasteiger charge is -2.42. The van der Waals surface area contributed by atoms with E-state index in [1.54, 1.807) is 24.3 Å². The number of alkyl halides is 1. The molecule has 38 heavy (non-hydrogen) atoms. The molecular weight excluding hydrogens is 515 g/mol. The van der Waals surface area contributed by atoms with Crippen molar-refractivity contribution in [1.29, 1.82) is 0 Å². The Hall–Kier alpha value is -3.99. The van der Waals surface area contributed by atoms with Crippen LogP contribution >= 0.6 is 11.6 Å². The molecule has 2 amide bonds. The fourth-order valence-electron chi connectivity index (χ4n) is 4.97. The summed E-state index contributed by atoms with van der Waals surface area (Å²) in [7, 11) is 0. The molecule has 1 saturated heterocycles. The molecule has 0 atom stereocenters. The number of imidazole rings is 1. The average molecular weight is 539 g/mol. The number of likely N-dealkylation sites (tertiary alicyclic amines) is 1. The van der Waals surface area contributed by atoms with E-state index in [1.165, 1.54) is 28.7 Å². The molecule has 0 saturated carbocycles. The second-order valence-corrected chi connectivity index (χ2v) is 10.3. The molecule has 12 heteroatoms. The van der Waals surface area contributed by atoms with Gasteiger partial charge in [0.2, 0.25) is 5.91 Å². The second-order valence-electron chi connectivity index (χ2n) is 9.90. The minimum Gasteiger partial charge on any atom is -0.465 e. The van der Waals surface area contributed by atoms with Crippen LogP contribution in [0.3, 0.4) is 0 Å². The average Bonchev–Trinajstić information content (AvgIpc) is 3.27. The summed E-state index contributed by atoms with van der Waals surface area (Å²) in [4.78, 5) is 50.1. The first-order valence-corrected chi connectivity index (χ1v) is 12.6. The highest BCUT2D eigenvalue weighted by molar-refractivity contribution is 6.30. The standard InChI is InChI=1S/C26H24ClFN6O4/c1-26(28)13-32(14-26)20(35)12-34-22-17(21-19(11-29-22)31-25-33(21)7-2-8-38-25)9-18(24(34)37)23(36)30-10-15-3-5-16(27)6-4-15/h3-6,9,11H,2,7-8,10,12-14H2,1H3,(H,30,36). The summed E-state index contributed by atoms with van der Waals surface area (Å²) < 4.78 is 22.8. The fraction of sp³-hybridized carbons (Fsp3) is 0.346. The highest BCUT2D eigenvalue weighted by Crippen LogP contribution is 2.30. The van der Waals surface area contributed by atoms with Crippen LogP contribution in [-0.4, -0.2) is 61.2 Å². The predicted molar refractivity (Wildman–Crippen MR) is 138 cm³/mol. The normalized spacial score (nSPS) is 16.1. The number of amides is 2. The van der Waals surface area contributed by atoms with Gasteiger partial charge in [0.15, 0.2) is 0 Å². The number of rotatable bonds is 5. The monoisotopic (exact) mass is 538 g/mol. The highest BCUT2D eigenvalue weighted by atomic mass is 35.5. The summed E-state index contributed by atoms with van der Waals surface area (Å²) in [5.74, 6) is -1.03. The number of benzene rings is 1. The molecule has 0 aliphatic carbocycles. The first-order chi connectivity index (χ1) is 18.2. The van der Waals surface area contributed by atoms with Crippen molar-refractivity contribution in [2.75, 3.05) is 19.7 Å². The van der Waals surface area contributed by atoms with Crippen LogP contribution in [0, 0.1) is 0 Å². The van der Waals surface area contributed by atoms with Gasteiger partial charge in [0.1, 0.15) is 28.9 Å². The Kier molecular flexibility index (Phi) is 5.82. The maximum absolute atomic E-state index is 14.0. The molecule has 1 N–H and O–H groups in total. The van der Waals surface area contributed by atoms with Crippen molar-refractivity contribution in [1.82, 2.24) is 29.3 Å². The zero-order valence-electron chi connectivity index (χ0n) is 20.5. The summed E-state index contributed by atoms with van der Waals surface area (Å²) in [6.07, 6.45) is 2.29. The van der Waals surface area contributed by atoms with Crippen LogP contribution in [0.2, 0.25) is 5.02 Å². The molecule has 2 aliphatic rings. The number of nitrogens with one attached hydrogen (secondary N) is 1. The number of carbonyl (C=O) groups is 2. The number of aryl methyl sites for hydroxylation is 1. The van der Waals surface area contributed by atoms with E-state index >= 15 is 0 Å². The highest BCUT2D eigenvalue weighted by Gasteiger charge is 2.41. The quantitative estimate of drug-likeness (QED) is 0.418. The minimum absolute atomic E-state index is 0.0507. The number of aromatic nitrogens is 4. The number of fused-ring (bicyclic) bond motifs is 5. The first kappa shape index (κ1) is 24.4. The molecule has 0 bridgehead atoms. The Morgan fingerprint density at radius 3 is 2.74 bits per heavy atom. The SMILES string of the molecule is CC1(F)CN(C(=O)Cn2c(=O)c(C(=O)NCc3ccc(Cl)cc3)cc3c4c(cnc32)nc2n4CCCO2)C1. The van der Waals surface area contributed by atoms with Gasteiger partial charge in [-0.1, -0.05) is 23.7 Å². The largest absolute Gasteiger partial charge is 0.465 e. The van der Waals surface area contributed by atoms with Crippen molar-refractivity contribution in [3.05, 3.63) is 63.0 Å². The van der Waals surface area contributed by atoms with E-state index in [1.807, 2.05) is 4.57 Å². The lowest BCUT2D eigenvalue weighted by Crippen LogP contribution is -2.60. The second kappa shape index (κ2) is 9.09. The molecule has 1 fully saturated rings. The molecule has 5 heterocycles. The van der Waals surface area contributed by atoms with E-state index in [9.17, 15) is 18.8 Å². The van der Waals surface area contributed by atoms with E-state index in [-0.39, 0.29) is 37.4 Å². The van der Waals surface area contributed by atoms with Gasteiger partial charge in [0.25, 0.3) is 17.5 Å². The zero-order valence-corrected chi connectivity index (χ0v) is 21.3. The fourth-order valence-corrected chi connectivity index (χ4v) is 5.10. The topological polar surface area (TPSA) is 111 Å². The van der Waals surface area contributed by atoms with E-state index in [2.05, 4.69) is 15.3 Å². The molecule has 196 valence electrons. The van der Waals surface area contributed by atoms with Crippen LogP contribution in [0.4, 0.5) is 4.39 Å². The van der Waals surface area contributed by atoms with Crippen molar-refractivity contribution in [2.24, 2.45) is 0 Å². The molecule has 3 aromatic heterocycles. The Labute approximate surface area is 221 Å². The maximum atomic E-state index is 14.0. The van der Waals surface area contributed by atoms with Crippen LogP contribution in [0.25, 0.3) is 22.1 Å². The summed E-state index contributed by atoms with van der Waals surface area (Å²) in [5.41, 5.74) is 0.00308. The van der Waals surface area contributed by atoms with Gasteiger partial charge >= 0.3 is 0 Å². The van der Waals surface area contributed by atoms with Crippen LogP contribution in [-0.2, 0) is 24.4 Å². The van der Waals surface area contributed by atoms with Crippen LogP contribution in [0.15, 0.2) is 41.3 Å². The summed E-state index contributed by atoms with van der Waals surface area (Å²) in [6, 6.07) is 8.91. The van der Waals surface area contributed by atoms with Gasteiger partial charge < -0.3 is 15.0 Å². The van der Waals surface area contributed by atoms with Gasteiger partial charge in [-0.25, -0.2) is 9.37 Å². The molecule has 0 unspecified atom stereocenters. The number of carbonyl (C=O) groups excluding carboxylic acids is 2. The van der Waals surface area contributed by atoms with Gasteiger partial charge in [-0.2, -0.15) is 4.98 Å². The van der Waals surface area contributed by atoms with Gasteiger partial charge in [0.05, 0.1) is 31.4 Å². The molecule has 0 radical (unpaired) electrons. The summed E-state index contributed by atoms with van der Waals surface area (Å²) in [5, 5.41) is 3.84. The van der Waals surface area contributed by atoms with E-state index < -0.39 is 23.0 Å². The van der Waals surface area contributed by atoms with Crippen molar-refractivity contribution >= 4 is 45.5 Å². The first-order valence-electron chi connectivity index (χ1n) is 12.3. The molecule has 1 aromatic carbocycles. The number of hydrogen-bond acceptors (Lipinski definition) is 6. The smallest absolute Gasteiger partial charge is 0.297 e. The van der Waals surface area contributed by atoms with Crippen molar-refractivity contribution in [2.45, 2.75) is 38.6 Å². The number of halogens is 2. The van der Waals surface area contributed by atoms with Gasteiger partial charge in [-0.05, 0) is 37.1 Å². The number of pyridine rings is 2. The summed E-state index contributed by atoms with van der Waals surface area (Å²) in [6.45, 7) is 2.30. The lowest BCUT2D eigenvalue weighted by atomic mass is 9.99. The third-order valence-electron chi connectivity index (χ3n) is 6.84. The van der Waals surface area contributed by atoms with Gasteiger partial charge in [-0.3, -0.25) is 23.5 Å². The number of nitrogens with zero attached hydrogens (tertiary/aromatic N) is 5. The Bertz CT molecular complexity index is 1650.